The zero-order valence-electron chi connectivity index (χ0n) is 11.2. The minimum absolute atomic E-state index is 0.0397. The molecule has 7 nitrogen and oxygen atoms in total. The SMILES string of the molecule is CC(O)CCN(C)Cc1cc([N+](=O)[O-])ccc1NN. The third-order valence-electron chi connectivity index (χ3n) is 2.82. The number of benzene rings is 1. The predicted octanol–water partition coefficient (Wildman–Crippen LogP) is 1.08. The van der Waals surface area contributed by atoms with E-state index in [9.17, 15) is 15.2 Å². The van der Waals surface area contributed by atoms with Crippen molar-refractivity contribution >= 4 is 11.4 Å². The average molecular weight is 268 g/mol. The van der Waals surface area contributed by atoms with E-state index < -0.39 is 4.92 Å². The van der Waals surface area contributed by atoms with Crippen LogP contribution < -0.4 is 11.3 Å². The predicted molar refractivity (Wildman–Crippen MR) is 73.5 cm³/mol. The average Bonchev–Trinajstić information content (AvgIpc) is 2.36. The molecule has 1 atom stereocenters. The second-order valence-electron chi connectivity index (χ2n) is 4.62. The Bertz CT molecular complexity index is 437. The molecule has 106 valence electrons. The second-order valence-corrected chi connectivity index (χ2v) is 4.62. The van der Waals surface area contributed by atoms with Gasteiger partial charge in [-0.05, 0) is 32.0 Å². The maximum atomic E-state index is 10.8. The van der Waals surface area contributed by atoms with Gasteiger partial charge in [-0.1, -0.05) is 0 Å². The number of hydrazine groups is 1. The number of hydrogen-bond donors (Lipinski definition) is 3. The van der Waals surface area contributed by atoms with Gasteiger partial charge in [0, 0.05) is 25.2 Å². The summed E-state index contributed by atoms with van der Waals surface area (Å²) in [5.41, 5.74) is 3.99. The highest BCUT2D eigenvalue weighted by Gasteiger charge is 2.12. The molecule has 0 aliphatic carbocycles. The van der Waals surface area contributed by atoms with E-state index in [1.165, 1.54) is 12.1 Å². The molecule has 4 N–H and O–H groups in total. The van der Waals surface area contributed by atoms with E-state index in [0.717, 1.165) is 5.56 Å². The first-order valence-corrected chi connectivity index (χ1v) is 6.04. The first-order chi connectivity index (χ1) is 8.93. The number of non-ortho nitro benzene ring substituents is 1. The normalized spacial score (nSPS) is 12.5. The molecule has 19 heavy (non-hydrogen) atoms. The van der Waals surface area contributed by atoms with Crippen LogP contribution in [-0.2, 0) is 6.54 Å². The molecule has 0 fully saturated rings. The van der Waals surface area contributed by atoms with Crippen molar-refractivity contribution in [1.82, 2.24) is 4.90 Å². The Morgan fingerprint density at radius 1 is 1.58 bits per heavy atom. The van der Waals surface area contributed by atoms with Crippen LogP contribution in [0.15, 0.2) is 18.2 Å². The van der Waals surface area contributed by atoms with Crippen LogP contribution in [0.4, 0.5) is 11.4 Å². The Morgan fingerprint density at radius 2 is 2.26 bits per heavy atom. The van der Waals surface area contributed by atoms with E-state index in [-0.39, 0.29) is 11.8 Å². The fourth-order valence-corrected chi connectivity index (χ4v) is 1.74. The van der Waals surface area contributed by atoms with Crippen LogP contribution >= 0.6 is 0 Å². The van der Waals surface area contributed by atoms with Crippen LogP contribution in [0, 0.1) is 10.1 Å². The van der Waals surface area contributed by atoms with Gasteiger partial charge >= 0.3 is 0 Å². The number of hydrogen-bond acceptors (Lipinski definition) is 6. The molecule has 1 aromatic carbocycles. The molecule has 1 aromatic rings. The maximum absolute atomic E-state index is 10.8. The van der Waals surface area contributed by atoms with Crippen molar-refractivity contribution in [2.24, 2.45) is 5.84 Å². The standard InChI is InChI=1S/C12H20N4O3/c1-9(17)5-6-15(2)8-10-7-11(16(18)19)3-4-12(10)14-13/h3-4,7,9,14,17H,5-6,8,13H2,1-2H3. The van der Waals surface area contributed by atoms with E-state index >= 15 is 0 Å². The van der Waals surface area contributed by atoms with E-state index in [1.54, 1.807) is 13.0 Å². The summed E-state index contributed by atoms with van der Waals surface area (Å²) >= 11 is 0. The summed E-state index contributed by atoms with van der Waals surface area (Å²) in [6.45, 7) is 2.95. The Labute approximate surface area is 112 Å². The zero-order chi connectivity index (χ0) is 14.4. The van der Waals surface area contributed by atoms with Crippen molar-refractivity contribution in [1.29, 1.82) is 0 Å². The molecule has 0 aromatic heterocycles. The van der Waals surface area contributed by atoms with Gasteiger partial charge in [0.25, 0.3) is 5.69 Å². The molecule has 0 bridgehead atoms. The highest BCUT2D eigenvalue weighted by atomic mass is 16.6. The molecule has 0 saturated heterocycles. The van der Waals surface area contributed by atoms with Crippen LogP contribution in [0.2, 0.25) is 0 Å². The van der Waals surface area contributed by atoms with Gasteiger partial charge in [-0.25, -0.2) is 0 Å². The molecule has 7 heteroatoms. The third kappa shape index (κ3) is 4.82. The van der Waals surface area contributed by atoms with Gasteiger partial charge in [0.05, 0.1) is 16.7 Å². The Balaban J connectivity index is 2.79. The smallest absolute Gasteiger partial charge is 0.269 e. The number of aliphatic hydroxyl groups is 1. The molecule has 1 rings (SSSR count). The van der Waals surface area contributed by atoms with Gasteiger partial charge < -0.3 is 15.4 Å². The summed E-state index contributed by atoms with van der Waals surface area (Å²) < 4.78 is 0. The molecule has 0 radical (unpaired) electrons. The summed E-state index contributed by atoms with van der Waals surface area (Å²) in [5.74, 6) is 5.40. The summed E-state index contributed by atoms with van der Waals surface area (Å²) in [6.07, 6.45) is 0.288. The van der Waals surface area contributed by atoms with Gasteiger partial charge in [-0.3, -0.25) is 16.0 Å². The lowest BCUT2D eigenvalue weighted by Gasteiger charge is -2.19. The van der Waals surface area contributed by atoms with Crippen molar-refractivity contribution in [2.45, 2.75) is 26.0 Å². The third-order valence-corrected chi connectivity index (χ3v) is 2.82. The first-order valence-electron chi connectivity index (χ1n) is 6.04. The van der Waals surface area contributed by atoms with Crippen molar-refractivity contribution in [3.63, 3.8) is 0 Å². The number of rotatable bonds is 7. The van der Waals surface area contributed by atoms with Crippen LogP contribution in [0.1, 0.15) is 18.9 Å². The summed E-state index contributed by atoms with van der Waals surface area (Å²) in [4.78, 5) is 12.3. The van der Waals surface area contributed by atoms with Gasteiger partial charge in [0.2, 0.25) is 0 Å². The number of nitrogens with one attached hydrogen (secondary N) is 1. The Hall–Kier alpha value is -1.70. The van der Waals surface area contributed by atoms with E-state index in [2.05, 4.69) is 5.43 Å². The van der Waals surface area contributed by atoms with Crippen molar-refractivity contribution in [3.8, 4) is 0 Å². The number of nitrogens with zero attached hydrogens (tertiary/aromatic N) is 2. The topological polar surface area (TPSA) is 105 Å². The van der Waals surface area contributed by atoms with Gasteiger partial charge in [-0.15, -0.1) is 0 Å². The minimum atomic E-state index is -0.431. The second kappa shape index (κ2) is 7.03. The first kappa shape index (κ1) is 15.4. The number of anilines is 1. The number of nitrogens with two attached hydrogens (primary N) is 1. The molecule has 0 spiro atoms. The van der Waals surface area contributed by atoms with Crippen LogP contribution in [0.5, 0.6) is 0 Å². The minimum Gasteiger partial charge on any atom is -0.393 e. The number of aliphatic hydroxyl groups excluding tert-OH is 1. The molecular formula is C12H20N4O3. The molecule has 0 amide bonds. The summed E-state index contributed by atoms with van der Waals surface area (Å²) in [6, 6.07) is 4.51. The number of nitro benzene ring substituents is 1. The fourth-order valence-electron chi connectivity index (χ4n) is 1.74. The number of nitro groups is 1. The largest absolute Gasteiger partial charge is 0.393 e. The van der Waals surface area contributed by atoms with Gasteiger partial charge in [0.1, 0.15) is 0 Å². The van der Waals surface area contributed by atoms with Crippen LogP contribution in [-0.4, -0.2) is 34.6 Å². The highest BCUT2D eigenvalue weighted by Crippen LogP contribution is 2.22. The molecule has 0 aliphatic rings. The zero-order valence-corrected chi connectivity index (χ0v) is 11.2. The molecule has 0 heterocycles. The lowest BCUT2D eigenvalue weighted by atomic mass is 10.1. The Morgan fingerprint density at radius 3 is 2.79 bits per heavy atom. The van der Waals surface area contributed by atoms with E-state index in [0.29, 0.717) is 25.2 Å². The summed E-state index contributed by atoms with van der Waals surface area (Å²) in [5, 5.41) is 20.0. The van der Waals surface area contributed by atoms with E-state index in [4.69, 9.17) is 5.84 Å². The van der Waals surface area contributed by atoms with Crippen molar-refractivity contribution in [2.75, 3.05) is 19.0 Å². The molecule has 0 aliphatic heterocycles. The highest BCUT2D eigenvalue weighted by molar-refractivity contribution is 5.55. The lowest BCUT2D eigenvalue weighted by molar-refractivity contribution is -0.384. The summed E-state index contributed by atoms with van der Waals surface area (Å²) in [7, 11) is 1.89. The number of nitrogen functional groups attached to an aromatic ring is 1. The quantitative estimate of drug-likeness (QED) is 0.388. The van der Waals surface area contributed by atoms with E-state index in [1.807, 2.05) is 11.9 Å². The van der Waals surface area contributed by atoms with Gasteiger partial charge in [0.15, 0.2) is 0 Å². The molecular weight excluding hydrogens is 248 g/mol. The van der Waals surface area contributed by atoms with Crippen molar-refractivity contribution in [3.05, 3.63) is 33.9 Å². The Kier molecular flexibility index (Phi) is 5.68. The van der Waals surface area contributed by atoms with Crippen LogP contribution in [0.25, 0.3) is 0 Å². The van der Waals surface area contributed by atoms with Gasteiger partial charge in [-0.2, -0.15) is 0 Å². The lowest BCUT2D eigenvalue weighted by Crippen LogP contribution is -2.23. The monoisotopic (exact) mass is 268 g/mol. The van der Waals surface area contributed by atoms with Crippen LogP contribution in [0.3, 0.4) is 0 Å². The van der Waals surface area contributed by atoms with Crippen molar-refractivity contribution < 1.29 is 10.0 Å². The fraction of sp³-hybridized carbons (Fsp3) is 0.500. The maximum Gasteiger partial charge on any atom is 0.269 e. The molecule has 1 unspecified atom stereocenters. The molecule has 0 saturated carbocycles.